The van der Waals surface area contributed by atoms with E-state index in [1.54, 1.807) is 61.7 Å². The van der Waals surface area contributed by atoms with Crippen molar-refractivity contribution in [2.24, 2.45) is 0 Å². The molecule has 1 aliphatic rings. The number of nitrogens with zero attached hydrogens (tertiary/aromatic N) is 2. The topological polar surface area (TPSA) is 88.2 Å². The van der Waals surface area contributed by atoms with Crippen LogP contribution in [0, 0.1) is 6.92 Å². The highest BCUT2D eigenvalue weighted by Gasteiger charge is 2.46. The Morgan fingerprint density at radius 1 is 0.973 bits per heavy atom. The lowest BCUT2D eigenvalue weighted by Gasteiger charge is -2.22. The number of rotatable bonds is 10. The smallest absolute Gasteiger partial charge is 0.332 e. The molecule has 1 unspecified atom stereocenters. The molecule has 1 fully saturated rings. The fourth-order valence-corrected chi connectivity index (χ4v) is 4.19. The molecule has 1 saturated heterocycles. The van der Waals surface area contributed by atoms with Gasteiger partial charge >= 0.3 is 6.03 Å². The Morgan fingerprint density at radius 3 is 2.32 bits per heavy atom. The van der Waals surface area contributed by atoms with Crippen molar-refractivity contribution >= 4 is 29.2 Å². The maximum atomic E-state index is 13.5. The van der Waals surface area contributed by atoms with Gasteiger partial charge in [-0.2, -0.15) is 0 Å². The van der Waals surface area contributed by atoms with Gasteiger partial charge in [0.05, 0.1) is 25.8 Å². The molecule has 3 aromatic rings. The zero-order valence-corrected chi connectivity index (χ0v) is 21.3. The average molecular weight is 502 g/mol. The summed E-state index contributed by atoms with van der Waals surface area (Å²) >= 11 is 0. The molecular weight excluding hydrogens is 470 g/mol. The highest BCUT2D eigenvalue weighted by molar-refractivity contribution is 6.22. The number of carbonyl (C=O) groups excluding carboxylic acids is 3. The van der Waals surface area contributed by atoms with Gasteiger partial charge < -0.3 is 19.7 Å². The SMILES string of the molecule is CCCOc1ccc(NC(=O)CC2C(=O)N(c3cccc(C)c3)C(=O)N2Cc2ccc(OC)cc2)cc1. The summed E-state index contributed by atoms with van der Waals surface area (Å²) in [6.07, 6.45) is 0.732. The molecule has 0 radical (unpaired) electrons. The lowest BCUT2D eigenvalue weighted by Crippen LogP contribution is -2.37. The second kappa shape index (κ2) is 11.6. The Bertz CT molecular complexity index is 1260. The van der Waals surface area contributed by atoms with E-state index in [1.807, 2.05) is 32.0 Å². The lowest BCUT2D eigenvalue weighted by atomic mass is 10.1. The molecule has 0 saturated carbocycles. The Kier molecular flexibility index (Phi) is 8.08. The quantitative estimate of drug-likeness (QED) is 0.388. The first kappa shape index (κ1) is 25.8. The predicted molar refractivity (Wildman–Crippen MR) is 142 cm³/mol. The summed E-state index contributed by atoms with van der Waals surface area (Å²) in [4.78, 5) is 42.6. The van der Waals surface area contributed by atoms with Gasteiger partial charge in [-0.05, 0) is 73.0 Å². The number of amides is 4. The molecule has 1 heterocycles. The van der Waals surface area contributed by atoms with Crippen molar-refractivity contribution in [3.63, 3.8) is 0 Å². The van der Waals surface area contributed by atoms with Gasteiger partial charge in [0.25, 0.3) is 5.91 Å². The number of nitrogens with one attached hydrogen (secondary N) is 1. The predicted octanol–water partition coefficient (Wildman–Crippen LogP) is 5.16. The number of ether oxygens (including phenoxy) is 2. The molecule has 8 nitrogen and oxygen atoms in total. The van der Waals surface area contributed by atoms with Gasteiger partial charge in [-0.3, -0.25) is 9.59 Å². The molecule has 1 aliphatic heterocycles. The summed E-state index contributed by atoms with van der Waals surface area (Å²) in [5.74, 6) is 0.619. The van der Waals surface area contributed by atoms with Crippen LogP contribution in [0.2, 0.25) is 0 Å². The highest BCUT2D eigenvalue weighted by Crippen LogP contribution is 2.29. The van der Waals surface area contributed by atoms with Crippen molar-refractivity contribution in [1.29, 1.82) is 0 Å². The lowest BCUT2D eigenvalue weighted by molar-refractivity contribution is -0.124. The summed E-state index contributed by atoms with van der Waals surface area (Å²) in [5, 5.41) is 2.83. The third-order valence-electron chi connectivity index (χ3n) is 6.08. The molecule has 4 amide bonds. The van der Waals surface area contributed by atoms with E-state index in [0.29, 0.717) is 23.7 Å². The van der Waals surface area contributed by atoms with Gasteiger partial charge in [-0.25, -0.2) is 9.69 Å². The van der Waals surface area contributed by atoms with Gasteiger partial charge in [-0.15, -0.1) is 0 Å². The van der Waals surface area contributed by atoms with Gasteiger partial charge in [0, 0.05) is 12.2 Å². The van der Waals surface area contributed by atoms with Gasteiger partial charge in [0.2, 0.25) is 5.91 Å². The first-order valence-corrected chi connectivity index (χ1v) is 12.3. The fourth-order valence-electron chi connectivity index (χ4n) is 4.19. The fraction of sp³-hybridized carbons (Fsp3) is 0.276. The number of anilines is 2. The Hall–Kier alpha value is -4.33. The van der Waals surface area contributed by atoms with Crippen LogP contribution < -0.4 is 19.7 Å². The van der Waals surface area contributed by atoms with Crippen LogP contribution in [0.1, 0.15) is 30.9 Å². The molecule has 4 rings (SSSR count). The third-order valence-corrected chi connectivity index (χ3v) is 6.08. The Balaban J connectivity index is 1.54. The van der Waals surface area contributed by atoms with Crippen molar-refractivity contribution in [3.05, 3.63) is 83.9 Å². The van der Waals surface area contributed by atoms with Crippen LogP contribution in [0.15, 0.2) is 72.8 Å². The molecule has 0 aromatic heterocycles. The number of methoxy groups -OCH3 is 1. The second-order valence-corrected chi connectivity index (χ2v) is 8.91. The number of carbonyl (C=O) groups is 3. The minimum absolute atomic E-state index is 0.170. The van der Waals surface area contributed by atoms with Crippen molar-refractivity contribution in [3.8, 4) is 11.5 Å². The van der Waals surface area contributed by atoms with E-state index >= 15 is 0 Å². The van der Waals surface area contributed by atoms with E-state index in [-0.39, 0.29) is 18.9 Å². The zero-order chi connectivity index (χ0) is 26.4. The largest absolute Gasteiger partial charge is 0.497 e. The molecule has 1 N–H and O–H groups in total. The number of urea groups is 1. The number of hydrogen-bond donors (Lipinski definition) is 1. The van der Waals surface area contributed by atoms with Crippen LogP contribution >= 0.6 is 0 Å². The average Bonchev–Trinajstić information content (AvgIpc) is 3.12. The maximum Gasteiger partial charge on any atom is 0.332 e. The standard InChI is InChI=1S/C29H31N3O5/c1-4-16-37-25-14-10-22(11-15-25)30-27(33)18-26-28(34)32(23-7-5-6-20(2)17-23)29(35)31(26)19-21-8-12-24(36-3)13-9-21/h5-15,17,26H,4,16,18-19H2,1-3H3,(H,30,33). The van der Waals surface area contributed by atoms with Crippen LogP contribution in [0.25, 0.3) is 0 Å². The number of imide groups is 1. The Labute approximate surface area is 216 Å². The monoisotopic (exact) mass is 501 g/mol. The second-order valence-electron chi connectivity index (χ2n) is 8.91. The summed E-state index contributed by atoms with van der Waals surface area (Å²) < 4.78 is 10.8. The van der Waals surface area contributed by atoms with E-state index in [4.69, 9.17) is 9.47 Å². The molecule has 3 aromatic carbocycles. The summed E-state index contributed by atoms with van der Waals surface area (Å²) in [6, 6.07) is 20.1. The van der Waals surface area contributed by atoms with Crippen LogP contribution in [-0.4, -0.2) is 42.5 Å². The van der Waals surface area contributed by atoms with Gasteiger partial charge in [-0.1, -0.05) is 31.2 Å². The van der Waals surface area contributed by atoms with Gasteiger partial charge in [0.1, 0.15) is 17.5 Å². The van der Waals surface area contributed by atoms with E-state index in [1.165, 1.54) is 4.90 Å². The molecule has 0 bridgehead atoms. The number of aryl methyl sites for hydroxylation is 1. The third kappa shape index (κ3) is 6.09. The molecular formula is C29H31N3O5. The van der Waals surface area contributed by atoms with E-state index in [0.717, 1.165) is 28.2 Å². The maximum absolute atomic E-state index is 13.5. The van der Waals surface area contributed by atoms with Crippen molar-refractivity contribution in [2.75, 3.05) is 23.9 Å². The van der Waals surface area contributed by atoms with Crippen LogP contribution in [0.5, 0.6) is 11.5 Å². The number of benzene rings is 3. The molecule has 1 atom stereocenters. The van der Waals surface area contributed by atoms with Crippen LogP contribution in [-0.2, 0) is 16.1 Å². The normalized spacial score (nSPS) is 15.2. The summed E-state index contributed by atoms with van der Waals surface area (Å²) in [7, 11) is 1.58. The summed E-state index contributed by atoms with van der Waals surface area (Å²) in [5.41, 5.74) is 2.82. The number of hydrogen-bond acceptors (Lipinski definition) is 5. The molecule has 0 aliphatic carbocycles. The minimum Gasteiger partial charge on any atom is -0.497 e. The van der Waals surface area contributed by atoms with Crippen LogP contribution in [0.4, 0.5) is 16.2 Å². The highest BCUT2D eigenvalue weighted by atomic mass is 16.5. The van der Waals surface area contributed by atoms with Gasteiger partial charge in [0.15, 0.2) is 0 Å². The van der Waals surface area contributed by atoms with E-state index < -0.39 is 18.0 Å². The summed E-state index contributed by atoms with van der Waals surface area (Å²) in [6.45, 7) is 4.72. The van der Waals surface area contributed by atoms with E-state index in [2.05, 4.69) is 5.32 Å². The first-order valence-electron chi connectivity index (χ1n) is 12.3. The molecule has 192 valence electrons. The van der Waals surface area contributed by atoms with Crippen LogP contribution in [0.3, 0.4) is 0 Å². The van der Waals surface area contributed by atoms with Crippen molar-refractivity contribution < 1.29 is 23.9 Å². The zero-order valence-electron chi connectivity index (χ0n) is 21.3. The minimum atomic E-state index is -0.942. The van der Waals surface area contributed by atoms with E-state index in [9.17, 15) is 14.4 Å². The first-order chi connectivity index (χ1) is 17.9. The molecule has 37 heavy (non-hydrogen) atoms. The molecule has 8 heteroatoms. The Morgan fingerprint density at radius 2 is 1.68 bits per heavy atom. The molecule has 0 spiro atoms. The van der Waals surface area contributed by atoms with Crippen molar-refractivity contribution in [1.82, 2.24) is 4.90 Å². The van der Waals surface area contributed by atoms with Crippen molar-refractivity contribution in [2.45, 2.75) is 39.3 Å².